The van der Waals surface area contributed by atoms with Gasteiger partial charge in [-0.2, -0.15) is 0 Å². The number of thiazole rings is 1. The van der Waals surface area contributed by atoms with Crippen LogP contribution < -0.4 is 5.73 Å². The van der Waals surface area contributed by atoms with Crippen LogP contribution in [0.3, 0.4) is 0 Å². The van der Waals surface area contributed by atoms with Crippen LogP contribution in [0, 0.1) is 0 Å². The minimum atomic E-state index is -1.07. The lowest BCUT2D eigenvalue weighted by Crippen LogP contribution is -2.01. The van der Waals surface area contributed by atoms with E-state index in [1.807, 2.05) is 6.92 Å². The summed E-state index contributed by atoms with van der Waals surface area (Å²) < 4.78 is 5.17. The number of nitrogens with two attached hydrogens (primary N) is 1. The summed E-state index contributed by atoms with van der Waals surface area (Å²) in [4.78, 5) is 14.6. The molecule has 0 radical (unpaired) electrons. The minimum absolute atomic E-state index is 0.0357. The molecule has 0 unspecified atom stereocenters. The van der Waals surface area contributed by atoms with E-state index >= 15 is 0 Å². The number of carboxylic acids is 1. The van der Waals surface area contributed by atoms with Crippen molar-refractivity contribution in [2.24, 2.45) is 0 Å². The molecule has 84 valence electrons. The number of hydrogen-bond donors (Lipinski definition) is 2. The van der Waals surface area contributed by atoms with Crippen molar-refractivity contribution in [3.8, 4) is 0 Å². The Morgan fingerprint density at radius 1 is 1.67 bits per heavy atom. The average Bonchev–Trinajstić information content (AvgIpc) is 2.55. The summed E-state index contributed by atoms with van der Waals surface area (Å²) in [7, 11) is 0. The number of ether oxygens (including phenoxy) is 1. The van der Waals surface area contributed by atoms with Crippen molar-refractivity contribution in [2.45, 2.75) is 19.8 Å². The lowest BCUT2D eigenvalue weighted by Gasteiger charge is -1.97. The molecule has 0 amide bonds. The number of hydrogen-bond acceptors (Lipinski definition) is 5. The molecule has 15 heavy (non-hydrogen) atoms. The molecule has 1 heterocycles. The second kappa shape index (κ2) is 5.67. The Balaban J connectivity index is 2.48. The molecule has 1 aromatic rings. The van der Waals surface area contributed by atoms with Gasteiger partial charge < -0.3 is 15.6 Å². The topological polar surface area (TPSA) is 85.4 Å². The highest BCUT2D eigenvalue weighted by atomic mass is 32.1. The van der Waals surface area contributed by atoms with Gasteiger partial charge in [0.05, 0.1) is 5.01 Å². The SMILES string of the molecule is CCOCCCc1nc(C(=O)O)c(N)s1. The first-order valence-corrected chi connectivity index (χ1v) is 5.53. The summed E-state index contributed by atoms with van der Waals surface area (Å²) in [5.74, 6) is -1.07. The third-order valence-electron chi connectivity index (χ3n) is 1.78. The average molecular weight is 230 g/mol. The van der Waals surface area contributed by atoms with E-state index in [-0.39, 0.29) is 10.7 Å². The third-order valence-corrected chi connectivity index (χ3v) is 2.73. The zero-order valence-electron chi connectivity index (χ0n) is 8.52. The summed E-state index contributed by atoms with van der Waals surface area (Å²) in [6.45, 7) is 3.29. The number of aryl methyl sites for hydroxylation is 1. The maximum Gasteiger partial charge on any atom is 0.357 e. The monoisotopic (exact) mass is 230 g/mol. The van der Waals surface area contributed by atoms with E-state index in [1.165, 1.54) is 11.3 Å². The molecule has 0 saturated carbocycles. The predicted molar refractivity (Wildman–Crippen MR) is 58.3 cm³/mol. The lowest BCUT2D eigenvalue weighted by molar-refractivity contribution is 0.0692. The molecule has 0 spiro atoms. The Morgan fingerprint density at radius 3 is 2.93 bits per heavy atom. The fourth-order valence-corrected chi connectivity index (χ4v) is 1.97. The summed E-state index contributed by atoms with van der Waals surface area (Å²) in [5.41, 5.74) is 5.48. The van der Waals surface area contributed by atoms with Crippen LogP contribution in [0.4, 0.5) is 5.00 Å². The van der Waals surface area contributed by atoms with E-state index in [4.69, 9.17) is 15.6 Å². The number of nitrogen functional groups attached to an aromatic ring is 1. The molecule has 0 fully saturated rings. The Labute approximate surface area is 91.9 Å². The van der Waals surface area contributed by atoms with Crippen molar-refractivity contribution in [2.75, 3.05) is 18.9 Å². The normalized spacial score (nSPS) is 10.5. The molecule has 0 atom stereocenters. The molecule has 0 aromatic carbocycles. The van der Waals surface area contributed by atoms with E-state index in [9.17, 15) is 4.79 Å². The van der Waals surface area contributed by atoms with Crippen LogP contribution >= 0.6 is 11.3 Å². The summed E-state index contributed by atoms with van der Waals surface area (Å²) in [6.07, 6.45) is 1.54. The Hall–Kier alpha value is -1.14. The number of carboxylic acid groups (broad SMARTS) is 1. The highest BCUT2D eigenvalue weighted by Gasteiger charge is 2.14. The van der Waals surface area contributed by atoms with Crippen molar-refractivity contribution < 1.29 is 14.6 Å². The van der Waals surface area contributed by atoms with Crippen LogP contribution in [0.1, 0.15) is 28.8 Å². The lowest BCUT2D eigenvalue weighted by atomic mass is 10.3. The van der Waals surface area contributed by atoms with Crippen molar-refractivity contribution in [3.63, 3.8) is 0 Å². The van der Waals surface area contributed by atoms with Gasteiger partial charge in [0, 0.05) is 19.6 Å². The standard InChI is InChI=1S/C9H14N2O3S/c1-2-14-5-3-4-6-11-7(9(12)13)8(10)15-6/h2-5,10H2,1H3,(H,12,13). The van der Waals surface area contributed by atoms with Crippen molar-refractivity contribution in [1.82, 2.24) is 4.98 Å². The zero-order valence-corrected chi connectivity index (χ0v) is 9.34. The molecule has 1 aromatic heterocycles. The van der Waals surface area contributed by atoms with Gasteiger partial charge in [0.25, 0.3) is 0 Å². The predicted octanol–water partition coefficient (Wildman–Crippen LogP) is 1.39. The maximum atomic E-state index is 10.7. The third kappa shape index (κ3) is 3.49. The minimum Gasteiger partial charge on any atom is -0.476 e. The second-order valence-electron chi connectivity index (χ2n) is 2.93. The number of anilines is 1. The van der Waals surface area contributed by atoms with E-state index in [1.54, 1.807) is 0 Å². The zero-order chi connectivity index (χ0) is 11.3. The first-order chi connectivity index (χ1) is 7.15. The number of rotatable bonds is 6. The smallest absolute Gasteiger partial charge is 0.357 e. The van der Waals surface area contributed by atoms with Gasteiger partial charge in [-0.1, -0.05) is 0 Å². The van der Waals surface area contributed by atoms with Crippen molar-refractivity contribution in [3.05, 3.63) is 10.7 Å². The highest BCUT2D eigenvalue weighted by Crippen LogP contribution is 2.21. The molecule has 1 rings (SSSR count). The van der Waals surface area contributed by atoms with Crippen molar-refractivity contribution >= 4 is 22.3 Å². The van der Waals surface area contributed by atoms with Gasteiger partial charge >= 0.3 is 5.97 Å². The van der Waals surface area contributed by atoms with Gasteiger partial charge in [-0.15, -0.1) is 11.3 Å². The van der Waals surface area contributed by atoms with Crippen LogP contribution in [0.2, 0.25) is 0 Å². The van der Waals surface area contributed by atoms with E-state index in [2.05, 4.69) is 4.98 Å². The molecule has 6 heteroatoms. The van der Waals surface area contributed by atoms with Crippen LogP contribution in [-0.2, 0) is 11.2 Å². The summed E-state index contributed by atoms with van der Waals surface area (Å²) in [6, 6.07) is 0. The van der Waals surface area contributed by atoms with Gasteiger partial charge in [0.2, 0.25) is 0 Å². The Bertz CT molecular complexity index is 338. The van der Waals surface area contributed by atoms with Crippen LogP contribution in [0.25, 0.3) is 0 Å². The molecule has 3 N–H and O–H groups in total. The molecular weight excluding hydrogens is 216 g/mol. The second-order valence-corrected chi connectivity index (χ2v) is 4.04. The fraction of sp³-hybridized carbons (Fsp3) is 0.556. The molecule has 0 bridgehead atoms. The molecule has 0 aliphatic carbocycles. The highest BCUT2D eigenvalue weighted by molar-refractivity contribution is 7.15. The molecule has 0 aliphatic rings. The number of carbonyl (C=O) groups is 1. The molecule has 0 saturated heterocycles. The molecular formula is C9H14N2O3S. The van der Waals surface area contributed by atoms with E-state index < -0.39 is 5.97 Å². The first-order valence-electron chi connectivity index (χ1n) is 4.71. The number of aromatic carboxylic acids is 1. The summed E-state index contributed by atoms with van der Waals surface area (Å²) in [5, 5.41) is 9.75. The maximum absolute atomic E-state index is 10.7. The fourth-order valence-electron chi connectivity index (χ4n) is 1.11. The molecule has 0 aliphatic heterocycles. The van der Waals surface area contributed by atoms with Gasteiger partial charge in [-0.3, -0.25) is 0 Å². The molecule has 5 nitrogen and oxygen atoms in total. The van der Waals surface area contributed by atoms with Crippen LogP contribution in [-0.4, -0.2) is 29.3 Å². The first kappa shape index (κ1) is 11.9. The van der Waals surface area contributed by atoms with E-state index in [0.29, 0.717) is 19.6 Å². The largest absolute Gasteiger partial charge is 0.476 e. The quantitative estimate of drug-likeness (QED) is 0.721. The van der Waals surface area contributed by atoms with E-state index in [0.717, 1.165) is 11.4 Å². The van der Waals surface area contributed by atoms with Crippen LogP contribution in [0.15, 0.2) is 0 Å². The Kier molecular flexibility index (Phi) is 4.51. The summed E-state index contributed by atoms with van der Waals surface area (Å²) >= 11 is 1.23. The Morgan fingerprint density at radius 2 is 2.40 bits per heavy atom. The van der Waals surface area contributed by atoms with Gasteiger partial charge in [-0.25, -0.2) is 9.78 Å². The number of nitrogens with zero attached hydrogens (tertiary/aromatic N) is 1. The van der Waals surface area contributed by atoms with Crippen molar-refractivity contribution in [1.29, 1.82) is 0 Å². The van der Waals surface area contributed by atoms with Gasteiger partial charge in [-0.05, 0) is 13.3 Å². The van der Waals surface area contributed by atoms with Crippen LogP contribution in [0.5, 0.6) is 0 Å². The number of aromatic nitrogens is 1. The van der Waals surface area contributed by atoms with Gasteiger partial charge in [0.1, 0.15) is 5.00 Å². The van der Waals surface area contributed by atoms with Gasteiger partial charge in [0.15, 0.2) is 5.69 Å².